The number of rotatable bonds is 7. The molecule has 0 spiro atoms. The zero-order chi connectivity index (χ0) is 30.3. The number of esters is 3. The molecule has 0 saturated carbocycles. The zero-order valence-corrected chi connectivity index (χ0v) is 25.0. The molecular formula is C34H34N2O6. The number of methoxy groups -OCH3 is 1. The second kappa shape index (κ2) is 11.2. The van der Waals surface area contributed by atoms with E-state index in [1.54, 1.807) is 19.9 Å². The molecule has 8 heteroatoms. The highest BCUT2D eigenvalue weighted by atomic mass is 16.5. The fraction of sp³-hybridized carbons (Fsp3) is 0.265. The Morgan fingerprint density at radius 3 is 1.31 bits per heavy atom. The molecular weight excluding hydrogens is 532 g/mol. The van der Waals surface area contributed by atoms with E-state index in [2.05, 4.69) is 0 Å². The van der Waals surface area contributed by atoms with Crippen molar-refractivity contribution in [3.63, 3.8) is 0 Å². The molecule has 0 aliphatic carbocycles. The van der Waals surface area contributed by atoms with Gasteiger partial charge in [0, 0.05) is 33.5 Å². The van der Waals surface area contributed by atoms with Gasteiger partial charge in [-0.3, -0.25) is 0 Å². The molecule has 216 valence electrons. The van der Waals surface area contributed by atoms with Gasteiger partial charge in [-0.05, 0) is 71.9 Å². The number of carbonyl (C=O) groups is 3. The van der Waals surface area contributed by atoms with Crippen LogP contribution in [0, 0.1) is 27.7 Å². The van der Waals surface area contributed by atoms with E-state index in [1.807, 2.05) is 85.4 Å². The van der Waals surface area contributed by atoms with Crippen LogP contribution in [0.4, 0.5) is 0 Å². The Hall–Kier alpha value is -4.85. The van der Waals surface area contributed by atoms with Crippen LogP contribution in [0.25, 0.3) is 33.2 Å². The molecule has 2 heterocycles. The second-order valence-corrected chi connectivity index (χ2v) is 10.2. The Labute approximate surface area is 244 Å². The minimum Gasteiger partial charge on any atom is -0.465 e. The third kappa shape index (κ3) is 4.53. The molecule has 0 fully saturated rings. The lowest BCUT2D eigenvalue weighted by Crippen LogP contribution is -2.09. The molecule has 0 amide bonds. The van der Waals surface area contributed by atoms with Crippen LogP contribution in [0.5, 0.6) is 0 Å². The molecule has 2 aromatic heterocycles. The maximum atomic E-state index is 13.9. The maximum absolute atomic E-state index is 13.9. The van der Waals surface area contributed by atoms with Crippen molar-refractivity contribution in [2.24, 2.45) is 0 Å². The standard InChI is InChI=1S/C34H34N2O6/c1-8-41-33(38)27-21(5)35(23-14-10-19(3)11-15-23)30-25(27)18-26-28(34(39)42-9-2)22(6)36(24-16-12-20(4)13-17-24)31(26)29(30)32(37)40-7/h10-18H,8-9H2,1-7H3. The lowest BCUT2D eigenvalue weighted by atomic mass is 10.0. The van der Waals surface area contributed by atoms with E-state index in [4.69, 9.17) is 14.2 Å². The molecule has 0 bridgehead atoms. The van der Waals surface area contributed by atoms with Crippen LogP contribution in [0.15, 0.2) is 54.6 Å². The molecule has 5 rings (SSSR count). The van der Waals surface area contributed by atoms with Crippen molar-refractivity contribution in [1.82, 2.24) is 9.13 Å². The van der Waals surface area contributed by atoms with E-state index in [0.29, 0.717) is 44.3 Å². The summed E-state index contributed by atoms with van der Waals surface area (Å²) in [6.45, 7) is 11.5. The number of aromatic nitrogens is 2. The predicted octanol–water partition coefficient (Wildman–Crippen LogP) is 6.95. The minimum absolute atomic E-state index is 0.179. The fourth-order valence-corrected chi connectivity index (χ4v) is 5.71. The molecule has 0 aliphatic rings. The van der Waals surface area contributed by atoms with Gasteiger partial charge in [-0.2, -0.15) is 0 Å². The highest BCUT2D eigenvalue weighted by molar-refractivity contribution is 6.23. The molecule has 0 aliphatic heterocycles. The predicted molar refractivity (Wildman–Crippen MR) is 162 cm³/mol. The molecule has 8 nitrogen and oxygen atoms in total. The van der Waals surface area contributed by atoms with Crippen LogP contribution in [0.1, 0.15) is 67.4 Å². The summed E-state index contributed by atoms with van der Waals surface area (Å²) >= 11 is 0. The summed E-state index contributed by atoms with van der Waals surface area (Å²) in [5, 5.41) is 0.956. The van der Waals surface area contributed by atoms with Crippen molar-refractivity contribution in [2.45, 2.75) is 41.5 Å². The van der Waals surface area contributed by atoms with Gasteiger partial charge >= 0.3 is 17.9 Å². The van der Waals surface area contributed by atoms with Gasteiger partial charge in [0.25, 0.3) is 0 Å². The summed E-state index contributed by atoms with van der Waals surface area (Å²) in [6, 6.07) is 17.4. The van der Waals surface area contributed by atoms with Crippen LogP contribution in [0.2, 0.25) is 0 Å². The van der Waals surface area contributed by atoms with E-state index < -0.39 is 17.9 Å². The largest absolute Gasteiger partial charge is 0.465 e. The fourth-order valence-electron chi connectivity index (χ4n) is 5.71. The van der Waals surface area contributed by atoms with Gasteiger partial charge in [0.2, 0.25) is 0 Å². The second-order valence-electron chi connectivity index (χ2n) is 10.2. The highest BCUT2D eigenvalue weighted by Gasteiger charge is 2.33. The average molecular weight is 567 g/mol. The number of hydrogen-bond acceptors (Lipinski definition) is 6. The first-order chi connectivity index (χ1) is 20.1. The van der Waals surface area contributed by atoms with Crippen molar-refractivity contribution < 1.29 is 28.6 Å². The molecule has 0 unspecified atom stereocenters. The number of hydrogen-bond donors (Lipinski definition) is 0. The van der Waals surface area contributed by atoms with Crippen LogP contribution in [0.3, 0.4) is 0 Å². The molecule has 0 saturated heterocycles. The Balaban J connectivity index is 2.08. The Morgan fingerprint density at radius 1 is 0.595 bits per heavy atom. The zero-order valence-electron chi connectivity index (χ0n) is 25.0. The Kier molecular flexibility index (Phi) is 7.65. The number of ether oxygens (including phenoxy) is 3. The van der Waals surface area contributed by atoms with Gasteiger partial charge in [-0.1, -0.05) is 35.4 Å². The number of aryl methyl sites for hydroxylation is 2. The van der Waals surface area contributed by atoms with Gasteiger partial charge in [0.1, 0.15) is 5.56 Å². The first-order valence-electron chi connectivity index (χ1n) is 13.9. The van der Waals surface area contributed by atoms with Crippen LogP contribution in [-0.2, 0) is 14.2 Å². The van der Waals surface area contributed by atoms with Gasteiger partial charge < -0.3 is 23.3 Å². The maximum Gasteiger partial charge on any atom is 0.342 e. The summed E-state index contributed by atoms with van der Waals surface area (Å²) in [5.74, 6) is -1.64. The Bertz CT molecular complexity index is 1730. The third-order valence-electron chi connectivity index (χ3n) is 7.59. The van der Waals surface area contributed by atoms with Crippen molar-refractivity contribution in [2.75, 3.05) is 20.3 Å². The number of nitrogens with zero attached hydrogens (tertiary/aromatic N) is 2. The molecule has 5 aromatic rings. The van der Waals surface area contributed by atoms with Crippen LogP contribution < -0.4 is 0 Å². The third-order valence-corrected chi connectivity index (χ3v) is 7.59. The number of benzene rings is 3. The van der Waals surface area contributed by atoms with E-state index in [-0.39, 0.29) is 18.8 Å². The molecule has 0 N–H and O–H groups in total. The molecule has 42 heavy (non-hydrogen) atoms. The summed E-state index contributed by atoms with van der Waals surface area (Å²) in [5.41, 5.74) is 6.68. The number of carbonyl (C=O) groups excluding carboxylic acids is 3. The lowest BCUT2D eigenvalue weighted by molar-refractivity contribution is 0.0518. The van der Waals surface area contributed by atoms with Gasteiger partial charge in [0.05, 0.1) is 42.5 Å². The van der Waals surface area contributed by atoms with E-state index in [1.165, 1.54) is 7.11 Å². The topological polar surface area (TPSA) is 88.8 Å². The first-order valence-corrected chi connectivity index (χ1v) is 13.9. The summed E-state index contributed by atoms with van der Waals surface area (Å²) in [6.07, 6.45) is 0. The van der Waals surface area contributed by atoms with Gasteiger partial charge in [-0.15, -0.1) is 0 Å². The monoisotopic (exact) mass is 566 g/mol. The lowest BCUT2D eigenvalue weighted by Gasteiger charge is -2.15. The normalized spacial score (nSPS) is 11.2. The minimum atomic E-state index is -0.604. The van der Waals surface area contributed by atoms with Crippen molar-refractivity contribution in [3.8, 4) is 11.4 Å². The number of fused-ring (bicyclic) bond motifs is 2. The van der Waals surface area contributed by atoms with Crippen molar-refractivity contribution >= 4 is 39.7 Å². The van der Waals surface area contributed by atoms with Crippen LogP contribution in [-0.4, -0.2) is 47.4 Å². The molecule has 3 aromatic carbocycles. The van der Waals surface area contributed by atoms with Crippen LogP contribution >= 0.6 is 0 Å². The smallest absolute Gasteiger partial charge is 0.342 e. The van der Waals surface area contributed by atoms with Crippen molar-refractivity contribution in [1.29, 1.82) is 0 Å². The van der Waals surface area contributed by atoms with Crippen molar-refractivity contribution in [3.05, 3.63) is 93.8 Å². The highest BCUT2D eigenvalue weighted by Crippen LogP contribution is 2.41. The average Bonchev–Trinajstić information content (AvgIpc) is 3.42. The van der Waals surface area contributed by atoms with E-state index >= 15 is 0 Å². The van der Waals surface area contributed by atoms with E-state index in [0.717, 1.165) is 22.5 Å². The molecule has 0 atom stereocenters. The first kappa shape index (κ1) is 28.7. The van der Waals surface area contributed by atoms with Gasteiger partial charge in [-0.25, -0.2) is 14.4 Å². The van der Waals surface area contributed by atoms with Gasteiger partial charge in [0.15, 0.2) is 0 Å². The van der Waals surface area contributed by atoms with E-state index in [9.17, 15) is 14.4 Å². The Morgan fingerprint density at radius 2 is 0.976 bits per heavy atom. The molecule has 0 radical (unpaired) electrons. The summed E-state index contributed by atoms with van der Waals surface area (Å²) in [7, 11) is 1.32. The summed E-state index contributed by atoms with van der Waals surface area (Å²) < 4.78 is 20.1. The quantitative estimate of drug-likeness (QED) is 0.157. The summed E-state index contributed by atoms with van der Waals surface area (Å²) in [4.78, 5) is 40.8. The SMILES string of the molecule is CCOC(=O)c1c(C)n(-c2ccc(C)cc2)c2c(C(=O)OC)c3c(cc12)c(C(=O)OCC)c(C)n3-c1ccc(C)cc1.